The molecule has 78 valence electrons. The van der Waals surface area contributed by atoms with Crippen molar-refractivity contribution in [2.75, 3.05) is 0 Å². The minimum Gasteiger partial charge on any atom is -0.229 e. The topological polar surface area (TPSA) is 43.6 Å². The molecular weight excluding hydrogens is 188 g/mol. The fraction of sp³-hybridized carbons (Fsp3) is 0.364. The number of hydrogen-bond acceptors (Lipinski definition) is 3. The van der Waals surface area contributed by atoms with Crippen molar-refractivity contribution in [2.45, 2.75) is 26.3 Å². The Morgan fingerprint density at radius 1 is 1.20 bits per heavy atom. The summed E-state index contributed by atoms with van der Waals surface area (Å²) in [6.45, 7) is 3.00. The van der Waals surface area contributed by atoms with Gasteiger partial charge in [0.2, 0.25) is 0 Å². The van der Waals surface area contributed by atoms with Crippen LogP contribution in [0.5, 0.6) is 0 Å². The Morgan fingerprint density at radius 3 is 2.73 bits per heavy atom. The maximum atomic E-state index is 4.03. The van der Waals surface area contributed by atoms with Crippen LogP contribution in [-0.2, 0) is 13.0 Å². The molecule has 1 aromatic carbocycles. The molecule has 0 atom stereocenters. The number of aryl methyl sites for hydroxylation is 1. The molecule has 0 aliphatic heterocycles. The van der Waals surface area contributed by atoms with Crippen molar-refractivity contribution < 1.29 is 0 Å². The first-order valence-corrected chi connectivity index (χ1v) is 5.19. The van der Waals surface area contributed by atoms with Crippen molar-refractivity contribution in [1.29, 1.82) is 0 Å². The minimum absolute atomic E-state index is 0.799. The molecule has 0 spiro atoms. The van der Waals surface area contributed by atoms with Crippen LogP contribution in [0, 0.1) is 0 Å². The Hall–Kier alpha value is -1.71. The first-order valence-electron chi connectivity index (χ1n) is 5.19. The molecule has 1 heterocycles. The van der Waals surface area contributed by atoms with Gasteiger partial charge in [0, 0.05) is 13.0 Å². The van der Waals surface area contributed by atoms with Crippen LogP contribution in [-0.4, -0.2) is 20.2 Å². The van der Waals surface area contributed by atoms with Gasteiger partial charge < -0.3 is 0 Å². The summed E-state index contributed by atoms with van der Waals surface area (Å²) in [5.74, 6) is 0.933. The van der Waals surface area contributed by atoms with E-state index < -0.39 is 0 Å². The van der Waals surface area contributed by atoms with E-state index in [1.54, 1.807) is 0 Å². The maximum Gasteiger partial charge on any atom is 0.155 e. The van der Waals surface area contributed by atoms with E-state index in [4.69, 9.17) is 0 Å². The number of rotatable bonds is 4. The van der Waals surface area contributed by atoms with Crippen molar-refractivity contribution in [3.63, 3.8) is 0 Å². The van der Waals surface area contributed by atoms with E-state index in [0.29, 0.717) is 0 Å². The van der Waals surface area contributed by atoms with Gasteiger partial charge in [0.05, 0.1) is 0 Å². The van der Waals surface area contributed by atoms with Crippen LogP contribution in [0.25, 0.3) is 0 Å². The average molecular weight is 202 g/mol. The fourth-order valence-corrected chi connectivity index (χ4v) is 1.51. The highest BCUT2D eigenvalue weighted by molar-refractivity contribution is 5.18. The second-order valence-electron chi connectivity index (χ2n) is 3.48. The quantitative estimate of drug-likeness (QED) is 0.757. The summed E-state index contributed by atoms with van der Waals surface area (Å²) in [5, 5.41) is 11.7. The summed E-state index contributed by atoms with van der Waals surface area (Å²) >= 11 is 0. The summed E-state index contributed by atoms with van der Waals surface area (Å²) < 4.78 is 1.87. The lowest BCUT2D eigenvalue weighted by atomic mass is 10.1. The van der Waals surface area contributed by atoms with Crippen molar-refractivity contribution in [3.05, 3.63) is 41.7 Å². The van der Waals surface area contributed by atoms with Crippen molar-refractivity contribution in [1.82, 2.24) is 20.2 Å². The second-order valence-corrected chi connectivity index (χ2v) is 3.48. The first kappa shape index (κ1) is 9.83. The lowest BCUT2D eigenvalue weighted by molar-refractivity contribution is 0.560. The van der Waals surface area contributed by atoms with Gasteiger partial charge in [0.1, 0.15) is 0 Å². The van der Waals surface area contributed by atoms with E-state index in [1.807, 2.05) is 22.9 Å². The number of tetrazole rings is 1. The molecule has 4 heteroatoms. The Labute approximate surface area is 88.9 Å². The van der Waals surface area contributed by atoms with E-state index in [0.717, 1.165) is 25.2 Å². The van der Waals surface area contributed by atoms with Gasteiger partial charge >= 0.3 is 0 Å². The molecule has 1 aromatic heterocycles. The molecule has 0 saturated heterocycles. The maximum absolute atomic E-state index is 4.03. The van der Waals surface area contributed by atoms with Crippen LogP contribution in [0.4, 0.5) is 0 Å². The summed E-state index contributed by atoms with van der Waals surface area (Å²) in [6.07, 6.45) is 1.85. The largest absolute Gasteiger partial charge is 0.229 e. The van der Waals surface area contributed by atoms with E-state index in [-0.39, 0.29) is 0 Å². The van der Waals surface area contributed by atoms with Gasteiger partial charge in [-0.15, -0.1) is 5.10 Å². The van der Waals surface area contributed by atoms with Gasteiger partial charge in [-0.05, 0) is 22.4 Å². The van der Waals surface area contributed by atoms with Gasteiger partial charge in [0.15, 0.2) is 5.82 Å². The van der Waals surface area contributed by atoms with Gasteiger partial charge in [-0.1, -0.05) is 37.3 Å². The zero-order valence-corrected chi connectivity index (χ0v) is 8.80. The van der Waals surface area contributed by atoms with E-state index in [9.17, 15) is 0 Å². The molecule has 0 amide bonds. The third-order valence-electron chi connectivity index (χ3n) is 2.25. The molecule has 0 saturated carbocycles. The predicted octanol–water partition coefficient (Wildman–Crippen LogP) is 1.67. The third kappa shape index (κ3) is 2.40. The number of hydrogen-bond donors (Lipinski definition) is 0. The molecule has 0 fully saturated rings. The third-order valence-corrected chi connectivity index (χ3v) is 2.25. The first-order chi connectivity index (χ1) is 7.40. The monoisotopic (exact) mass is 202 g/mol. The lowest BCUT2D eigenvalue weighted by Crippen LogP contribution is -2.05. The highest BCUT2D eigenvalue weighted by Gasteiger charge is 2.05. The van der Waals surface area contributed by atoms with Crippen LogP contribution < -0.4 is 0 Å². The van der Waals surface area contributed by atoms with Gasteiger partial charge in [-0.25, -0.2) is 4.68 Å². The molecule has 2 aromatic rings. The molecule has 0 N–H and O–H groups in total. The molecule has 0 aliphatic carbocycles. The Kier molecular flexibility index (Phi) is 3.07. The molecular formula is C11H14N4. The van der Waals surface area contributed by atoms with Crippen molar-refractivity contribution in [2.24, 2.45) is 0 Å². The van der Waals surface area contributed by atoms with Crippen LogP contribution in [0.1, 0.15) is 24.7 Å². The van der Waals surface area contributed by atoms with Crippen LogP contribution in [0.2, 0.25) is 0 Å². The Morgan fingerprint density at radius 2 is 2.00 bits per heavy atom. The molecule has 0 radical (unpaired) electrons. The predicted molar refractivity (Wildman–Crippen MR) is 57.4 cm³/mol. The smallest absolute Gasteiger partial charge is 0.155 e. The number of benzene rings is 1. The summed E-state index contributed by atoms with van der Waals surface area (Å²) in [4.78, 5) is 0. The van der Waals surface area contributed by atoms with E-state index >= 15 is 0 Å². The minimum atomic E-state index is 0.799. The van der Waals surface area contributed by atoms with Gasteiger partial charge in [-0.2, -0.15) is 0 Å². The Balaban J connectivity index is 2.14. The summed E-state index contributed by atoms with van der Waals surface area (Å²) in [7, 11) is 0. The SMILES string of the molecule is CCCn1nnnc1Cc1ccccc1. The Bertz CT molecular complexity index is 408. The normalized spacial score (nSPS) is 10.5. The second kappa shape index (κ2) is 4.68. The highest BCUT2D eigenvalue weighted by atomic mass is 15.5. The fourth-order valence-electron chi connectivity index (χ4n) is 1.51. The zero-order valence-electron chi connectivity index (χ0n) is 8.80. The standard InChI is InChI=1S/C11H14N4/c1-2-8-15-11(12-13-14-15)9-10-6-4-3-5-7-10/h3-7H,2,8-9H2,1H3. The van der Waals surface area contributed by atoms with Crippen molar-refractivity contribution >= 4 is 0 Å². The molecule has 2 rings (SSSR count). The van der Waals surface area contributed by atoms with E-state index in [1.165, 1.54) is 5.56 Å². The molecule has 0 bridgehead atoms. The molecule has 0 aliphatic rings. The number of nitrogens with zero attached hydrogens (tertiary/aromatic N) is 4. The van der Waals surface area contributed by atoms with Crippen molar-refractivity contribution in [3.8, 4) is 0 Å². The van der Waals surface area contributed by atoms with Crippen LogP contribution in [0.3, 0.4) is 0 Å². The van der Waals surface area contributed by atoms with Crippen LogP contribution in [0.15, 0.2) is 30.3 Å². The summed E-state index contributed by atoms with van der Waals surface area (Å²) in [6, 6.07) is 10.3. The summed E-state index contributed by atoms with van der Waals surface area (Å²) in [5.41, 5.74) is 1.24. The zero-order chi connectivity index (χ0) is 10.5. The van der Waals surface area contributed by atoms with E-state index in [2.05, 4.69) is 34.6 Å². The number of aromatic nitrogens is 4. The lowest BCUT2D eigenvalue weighted by Gasteiger charge is -2.02. The average Bonchev–Trinajstić information content (AvgIpc) is 2.68. The van der Waals surface area contributed by atoms with Gasteiger partial charge in [0.25, 0.3) is 0 Å². The molecule has 4 nitrogen and oxygen atoms in total. The highest BCUT2D eigenvalue weighted by Crippen LogP contribution is 2.05. The van der Waals surface area contributed by atoms with Gasteiger partial charge in [-0.3, -0.25) is 0 Å². The van der Waals surface area contributed by atoms with Crippen LogP contribution >= 0.6 is 0 Å². The molecule has 15 heavy (non-hydrogen) atoms. The molecule has 0 unspecified atom stereocenters.